The Bertz CT molecular complexity index is 155. The fraction of sp³-hybridized carbons (Fsp3) is 1.00. The fourth-order valence-electron chi connectivity index (χ4n) is 2.57. The van der Waals surface area contributed by atoms with Gasteiger partial charge in [-0.05, 0) is 45.1 Å². The van der Waals surface area contributed by atoms with Gasteiger partial charge in [0.1, 0.15) is 0 Å². The summed E-state index contributed by atoms with van der Waals surface area (Å²) in [4.78, 5) is 0. The SMILES string of the molecule is CCCC(C)C(CC1CCCCO1)NC. The summed E-state index contributed by atoms with van der Waals surface area (Å²) in [5.74, 6) is 0.769. The molecule has 15 heavy (non-hydrogen) atoms. The van der Waals surface area contributed by atoms with Crippen molar-refractivity contribution < 1.29 is 4.74 Å². The van der Waals surface area contributed by atoms with E-state index in [1.807, 2.05) is 0 Å². The van der Waals surface area contributed by atoms with Crippen molar-refractivity contribution in [2.75, 3.05) is 13.7 Å². The van der Waals surface area contributed by atoms with E-state index in [9.17, 15) is 0 Å². The van der Waals surface area contributed by atoms with Crippen molar-refractivity contribution in [1.29, 1.82) is 0 Å². The average molecular weight is 213 g/mol. The maximum absolute atomic E-state index is 5.80. The van der Waals surface area contributed by atoms with Crippen molar-refractivity contribution >= 4 is 0 Å². The topological polar surface area (TPSA) is 21.3 Å². The van der Waals surface area contributed by atoms with E-state index in [1.54, 1.807) is 0 Å². The molecule has 2 nitrogen and oxygen atoms in total. The summed E-state index contributed by atoms with van der Waals surface area (Å²) in [6.07, 6.45) is 8.17. The molecular formula is C13H27NO. The molecule has 90 valence electrons. The summed E-state index contributed by atoms with van der Waals surface area (Å²) in [6.45, 7) is 5.59. The summed E-state index contributed by atoms with van der Waals surface area (Å²) in [5.41, 5.74) is 0. The molecule has 1 heterocycles. The molecule has 0 aromatic heterocycles. The summed E-state index contributed by atoms with van der Waals surface area (Å²) in [7, 11) is 2.08. The molecule has 0 bridgehead atoms. The van der Waals surface area contributed by atoms with E-state index in [1.165, 1.54) is 38.5 Å². The maximum atomic E-state index is 5.80. The molecule has 0 spiro atoms. The molecule has 1 aliphatic rings. The molecule has 1 saturated heterocycles. The minimum atomic E-state index is 0.510. The van der Waals surface area contributed by atoms with Crippen LogP contribution < -0.4 is 5.32 Å². The smallest absolute Gasteiger partial charge is 0.0590 e. The molecular weight excluding hydrogens is 186 g/mol. The van der Waals surface area contributed by atoms with Gasteiger partial charge in [-0.1, -0.05) is 20.3 Å². The second kappa shape index (κ2) is 7.24. The van der Waals surface area contributed by atoms with Gasteiger partial charge in [0.15, 0.2) is 0 Å². The van der Waals surface area contributed by atoms with Crippen LogP contribution in [0.2, 0.25) is 0 Å². The molecule has 1 rings (SSSR count). The summed E-state index contributed by atoms with van der Waals surface area (Å²) in [5, 5.41) is 3.45. The van der Waals surface area contributed by atoms with Gasteiger partial charge in [0.2, 0.25) is 0 Å². The van der Waals surface area contributed by atoms with E-state index in [2.05, 4.69) is 26.2 Å². The Hall–Kier alpha value is -0.0800. The monoisotopic (exact) mass is 213 g/mol. The zero-order chi connectivity index (χ0) is 11.1. The molecule has 1 N–H and O–H groups in total. The van der Waals surface area contributed by atoms with Gasteiger partial charge in [-0.25, -0.2) is 0 Å². The molecule has 0 saturated carbocycles. The molecule has 0 aromatic rings. The molecule has 3 unspecified atom stereocenters. The minimum absolute atomic E-state index is 0.510. The molecule has 0 radical (unpaired) electrons. The second-order valence-electron chi connectivity index (χ2n) is 4.89. The summed E-state index contributed by atoms with van der Waals surface area (Å²) < 4.78 is 5.80. The number of hydrogen-bond donors (Lipinski definition) is 1. The number of ether oxygens (including phenoxy) is 1. The van der Waals surface area contributed by atoms with Crippen LogP contribution in [0.25, 0.3) is 0 Å². The Balaban J connectivity index is 2.30. The van der Waals surface area contributed by atoms with Crippen molar-refractivity contribution in [3.63, 3.8) is 0 Å². The lowest BCUT2D eigenvalue weighted by atomic mass is 9.90. The van der Waals surface area contributed by atoms with Gasteiger partial charge >= 0.3 is 0 Å². The molecule has 2 heteroatoms. The third-order valence-electron chi connectivity index (χ3n) is 3.59. The van der Waals surface area contributed by atoms with E-state index in [-0.39, 0.29) is 0 Å². The highest BCUT2D eigenvalue weighted by Gasteiger charge is 2.21. The molecule has 3 atom stereocenters. The average Bonchev–Trinajstić information content (AvgIpc) is 2.27. The highest BCUT2D eigenvalue weighted by Crippen LogP contribution is 2.21. The zero-order valence-electron chi connectivity index (χ0n) is 10.6. The third kappa shape index (κ3) is 4.52. The first-order valence-corrected chi connectivity index (χ1v) is 6.56. The standard InChI is InChI=1S/C13H27NO/c1-4-7-11(2)13(14-3)10-12-8-5-6-9-15-12/h11-14H,4-10H2,1-3H3. The fourth-order valence-corrected chi connectivity index (χ4v) is 2.57. The van der Waals surface area contributed by atoms with Gasteiger partial charge in [0, 0.05) is 12.6 Å². The Morgan fingerprint density at radius 2 is 2.20 bits per heavy atom. The van der Waals surface area contributed by atoms with E-state index in [0.717, 1.165) is 12.5 Å². The highest BCUT2D eigenvalue weighted by molar-refractivity contribution is 4.77. The Labute approximate surface area is 94.8 Å². The van der Waals surface area contributed by atoms with Crippen LogP contribution in [0.4, 0.5) is 0 Å². The van der Waals surface area contributed by atoms with Gasteiger partial charge < -0.3 is 10.1 Å². The van der Waals surface area contributed by atoms with Gasteiger partial charge in [-0.2, -0.15) is 0 Å². The van der Waals surface area contributed by atoms with Crippen LogP contribution in [-0.4, -0.2) is 25.8 Å². The summed E-state index contributed by atoms with van der Waals surface area (Å²) >= 11 is 0. The lowest BCUT2D eigenvalue weighted by Crippen LogP contribution is -2.37. The van der Waals surface area contributed by atoms with Crippen molar-refractivity contribution in [2.45, 2.75) is 64.5 Å². The van der Waals surface area contributed by atoms with E-state index in [0.29, 0.717) is 12.1 Å². The lowest BCUT2D eigenvalue weighted by Gasteiger charge is -2.30. The van der Waals surface area contributed by atoms with Crippen LogP contribution >= 0.6 is 0 Å². The molecule has 1 fully saturated rings. The summed E-state index contributed by atoms with van der Waals surface area (Å²) in [6, 6.07) is 0.632. The van der Waals surface area contributed by atoms with Crippen molar-refractivity contribution in [2.24, 2.45) is 5.92 Å². The largest absolute Gasteiger partial charge is 0.378 e. The molecule has 0 amide bonds. The van der Waals surface area contributed by atoms with Crippen LogP contribution in [0.15, 0.2) is 0 Å². The normalized spacial score (nSPS) is 26.2. The minimum Gasteiger partial charge on any atom is -0.378 e. The van der Waals surface area contributed by atoms with Crippen molar-refractivity contribution in [3.8, 4) is 0 Å². The van der Waals surface area contributed by atoms with Crippen molar-refractivity contribution in [1.82, 2.24) is 5.32 Å². The molecule has 0 aliphatic carbocycles. The number of hydrogen-bond acceptors (Lipinski definition) is 2. The van der Waals surface area contributed by atoms with Gasteiger partial charge in [-0.15, -0.1) is 0 Å². The second-order valence-corrected chi connectivity index (χ2v) is 4.89. The first kappa shape index (κ1) is 13.0. The van der Waals surface area contributed by atoms with Crippen LogP contribution in [-0.2, 0) is 4.74 Å². The van der Waals surface area contributed by atoms with Crippen LogP contribution in [0.5, 0.6) is 0 Å². The highest BCUT2D eigenvalue weighted by atomic mass is 16.5. The number of nitrogens with one attached hydrogen (secondary N) is 1. The van der Waals surface area contributed by atoms with Crippen LogP contribution in [0, 0.1) is 5.92 Å². The zero-order valence-corrected chi connectivity index (χ0v) is 10.6. The Morgan fingerprint density at radius 3 is 2.73 bits per heavy atom. The van der Waals surface area contributed by atoms with Crippen molar-refractivity contribution in [3.05, 3.63) is 0 Å². The van der Waals surface area contributed by atoms with Crippen LogP contribution in [0.1, 0.15) is 52.4 Å². The van der Waals surface area contributed by atoms with Crippen LogP contribution in [0.3, 0.4) is 0 Å². The van der Waals surface area contributed by atoms with E-state index >= 15 is 0 Å². The maximum Gasteiger partial charge on any atom is 0.0590 e. The predicted octanol–water partition coefficient (Wildman–Crippen LogP) is 2.97. The first-order chi connectivity index (χ1) is 7.27. The Morgan fingerprint density at radius 1 is 1.40 bits per heavy atom. The van der Waals surface area contributed by atoms with E-state index < -0.39 is 0 Å². The van der Waals surface area contributed by atoms with Gasteiger partial charge in [-0.3, -0.25) is 0 Å². The first-order valence-electron chi connectivity index (χ1n) is 6.56. The van der Waals surface area contributed by atoms with Gasteiger partial charge in [0.05, 0.1) is 6.10 Å². The number of rotatable bonds is 6. The quantitative estimate of drug-likeness (QED) is 0.732. The molecule has 0 aromatic carbocycles. The third-order valence-corrected chi connectivity index (χ3v) is 3.59. The lowest BCUT2D eigenvalue weighted by molar-refractivity contribution is 0.00193. The predicted molar refractivity (Wildman–Crippen MR) is 65.1 cm³/mol. The van der Waals surface area contributed by atoms with E-state index in [4.69, 9.17) is 4.74 Å². The van der Waals surface area contributed by atoms with Gasteiger partial charge in [0.25, 0.3) is 0 Å². The molecule has 1 aliphatic heterocycles. The Kier molecular flexibility index (Phi) is 6.26.